The Labute approximate surface area is 324 Å². The van der Waals surface area contributed by atoms with Crippen molar-refractivity contribution in [3.05, 3.63) is 174 Å². The number of anilines is 3. The molecule has 3 aromatic carbocycles. The van der Waals surface area contributed by atoms with Crippen LogP contribution in [0.15, 0.2) is 146 Å². The average molecular weight is 739 g/mol. The van der Waals surface area contributed by atoms with E-state index < -0.39 is 0 Å². The molecular weight excluding hydrogens is 679 g/mol. The van der Waals surface area contributed by atoms with Gasteiger partial charge < -0.3 is 9.80 Å². The number of rotatable bonds is 15. The molecular formula is C49H60N2P2. The zero-order valence-electron chi connectivity index (χ0n) is 34.0. The number of hydrogen-bond acceptors (Lipinski definition) is 2. The molecule has 0 aliphatic heterocycles. The Hall–Kier alpha value is -4.35. The summed E-state index contributed by atoms with van der Waals surface area (Å²) in [6, 6.07) is 27.1. The second-order valence-electron chi connectivity index (χ2n) is 14.0. The minimum atomic E-state index is -0.272. The van der Waals surface area contributed by atoms with Gasteiger partial charge >= 0.3 is 0 Å². The number of hydrogen-bond donors (Lipinski definition) is 0. The Bertz CT molecular complexity index is 2000. The van der Waals surface area contributed by atoms with Crippen molar-refractivity contribution < 1.29 is 0 Å². The maximum absolute atomic E-state index is 4.19. The van der Waals surface area contributed by atoms with Crippen LogP contribution in [-0.2, 0) is 6.66 Å². The van der Waals surface area contributed by atoms with Crippen LogP contribution in [0.5, 0.6) is 0 Å². The lowest BCUT2D eigenvalue weighted by Gasteiger charge is -2.32. The maximum Gasteiger partial charge on any atom is 0.0576 e. The summed E-state index contributed by atoms with van der Waals surface area (Å²) in [5.41, 5.74) is 13.7. The third-order valence-corrected chi connectivity index (χ3v) is 14.4. The van der Waals surface area contributed by atoms with Crippen LogP contribution in [0.25, 0.3) is 21.7 Å². The second-order valence-corrected chi connectivity index (χ2v) is 17.2. The number of benzene rings is 3. The lowest BCUT2D eigenvalue weighted by atomic mass is 9.99. The van der Waals surface area contributed by atoms with Crippen molar-refractivity contribution in [3.63, 3.8) is 0 Å². The van der Waals surface area contributed by atoms with Crippen LogP contribution in [-0.4, -0.2) is 12.7 Å². The van der Waals surface area contributed by atoms with E-state index >= 15 is 0 Å². The maximum atomic E-state index is 4.19. The molecule has 0 saturated heterocycles. The SMILES string of the molecule is C=CC(=CC=CN(c1ccc(C(PC)=C(C)C)cc1)C(C=CC)C(C)C=C)c1ccc(N(C(C)=CC)c2ccc(-c3c(C)c(C)c(C)p3C)cc2)cc1. The van der Waals surface area contributed by atoms with Gasteiger partial charge in [0.1, 0.15) is 0 Å². The Morgan fingerprint density at radius 1 is 0.792 bits per heavy atom. The van der Waals surface area contributed by atoms with E-state index in [9.17, 15) is 0 Å². The van der Waals surface area contributed by atoms with Crippen molar-refractivity contribution in [1.29, 1.82) is 0 Å². The van der Waals surface area contributed by atoms with Gasteiger partial charge in [-0.2, -0.15) is 0 Å². The van der Waals surface area contributed by atoms with Crippen molar-refractivity contribution in [2.24, 2.45) is 12.6 Å². The van der Waals surface area contributed by atoms with Gasteiger partial charge in [-0.15, -0.1) is 14.1 Å². The largest absolute Gasteiger partial charge is 0.341 e. The van der Waals surface area contributed by atoms with E-state index in [-0.39, 0.29) is 19.5 Å². The monoisotopic (exact) mass is 738 g/mol. The lowest BCUT2D eigenvalue weighted by Crippen LogP contribution is -2.33. The first-order valence-electron chi connectivity index (χ1n) is 18.7. The highest BCUT2D eigenvalue weighted by Crippen LogP contribution is 2.48. The molecule has 1 aromatic heterocycles. The topological polar surface area (TPSA) is 6.48 Å². The van der Waals surface area contributed by atoms with E-state index in [0.29, 0.717) is 0 Å². The van der Waals surface area contributed by atoms with Crippen LogP contribution in [0.3, 0.4) is 0 Å². The first-order chi connectivity index (χ1) is 25.4. The first kappa shape index (κ1) is 41.4. The fraction of sp³-hybridized carbons (Fsp3) is 0.265. The summed E-state index contributed by atoms with van der Waals surface area (Å²) in [7, 11) is 0.489. The number of allylic oxidation sites excluding steroid dienone is 8. The molecule has 0 spiro atoms. The molecule has 1 heterocycles. The highest BCUT2D eigenvalue weighted by Gasteiger charge is 2.20. The van der Waals surface area contributed by atoms with Crippen molar-refractivity contribution in [2.45, 2.75) is 68.4 Å². The van der Waals surface area contributed by atoms with Crippen molar-refractivity contribution >= 4 is 44.1 Å². The first-order valence-corrected chi connectivity index (χ1v) is 22.0. The summed E-state index contributed by atoms with van der Waals surface area (Å²) in [5, 5.41) is 4.48. The Kier molecular flexibility index (Phi) is 14.9. The molecule has 0 aliphatic rings. The van der Waals surface area contributed by atoms with Gasteiger partial charge in [0.2, 0.25) is 0 Å². The van der Waals surface area contributed by atoms with Crippen LogP contribution in [0, 0.1) is 26.7 Å². The van der Waals surface area contributed by atoms with E-state index in [1.807, 2.05) is 12.2 Å². The molecule has 0 bridgehead atoms. The van der Waals surface area contributed by atoms with E-state index in [4.69, 9.17) is 0 Å². The standard InChI is InChI=1S/C49H60N2P2/c1-14-19-47(35(7)15-2)50(44-27-23-42(24-28-44)48(52-12)34(5)6)33-18-20-40(17-4)41-21-29-45(30-22-41)51(36(8)16-3)46-31-25-43(26-32-46)49-38(10)37(9)39(11)53(49)13/h14-33,35,47,52H,2,4H2,1,3,5-13H3. The molecule has 0 saturated carbocycles. The van der Waals surface area contributed by atoms with Gasteiger partial charge in [-0.1, -0.05) is 101 Å². The predicted molar refractivity (Wildman–Crippen MR) is 244 cm³/mol. The molecule has 53 heavy (non-hydrogen) atoms. The van der Waals surface area contributed by atoms with Crippen molar-refractivity contribution in [3.8, 4) is 10.9 Å². The molecule has 0 aliphatic carbocycles. The zero-order chi connectivity index (χ0) is 38.8. The lowest BCUT2D eigenvalue weighted by molar-refractivity contribution is 0.612. The summed E-state index contributed by atoms with van der Waals surface area (Å²) in [6.07, 6.45) is 17.0. The average Bonchev–Trinajstić information content (AvgIpc) is 3.36. The zero-order valence-corrected chi connectivity index (χ0v) is 35.9. The molecule has 4 rings (SSSR count). The second kappa shape index (κ2) is 19.1. The minimum absolute atomic E-state index is 0.124. The van der Waals surface area contributed by atoms with Crippen LogP contribution in [0.1, 0.15) is 69.1 Å². The van der Waals surface area contributed by atoms with Crippen LogP contribution >= 0.6 is 16.1 Å². The molecule has 0 radical (unpaired) electrons. The molecule has 4 heteroatoms. The molecule has 0 N–H and O–H groups in total. The molecule has 4 atom stereocenters. The Morgan fingerprint density at radius 2 is 1.36 bits per heavy atom. The Morgan fingerprint density at radius 3 is 1.83 bits per heavy atom. The summed E-state index contributed by atoms with van der Waals surface area (Å²) < 4.78 is 0. The number of nitrogens with zero attached hydrogens (tertiary/aromatic N) is 2. The van der Waals surface area contributed by atoms with Gasteiger partial charge in [-0.05, 0) is 161 Å². The van der Waals surface area contributed by atoms with Crippen LogP contribution in [0.2, 0.25) is 0 Å². The molecule has 276 valence electrons. The van der Waals surface area contributed by atoms with Gasteiger partial charge in [0.05, 0.1) is 6.04 Å². The third kappa shape index (κ3) is 9.42. The van der Waals surface area contributed by atoms with Gasteiger partial charge in [0.25, 0.3) is 0 Å². The van der Waals surface area contributed by atoms with Crippen molar-refractivity contribution in [1.82, 2.24) is 0 Å². The highest BCUT2D eigenvalue weighted by molar-refractivity contribution is 7.52. The van der Waals surface area contributed by atoms with E-state index in [1.54, 1.807) is 5.30 Å². The van der Waals surface area contributed by atoms with Crippen LogP contribution < -0.4 is 9.80 Å². The smallest absolute Gasteiger partial charge is 0.0576 e. The van der Waals surface area contributed by atoms with E-state index in [0.717, 1.165) is 36.8 Å². The third-order valence-electron chi connectivity index (χ3n) is 10.5. The van der Waals surface area contributed by atoms with E-state index in [2.05, 4.69) is 208 Å². The van der Waals surface area contributed by atoms with Gasteiger partial charge in [0.15, 0.2) is 0 Å². The molecule has 0 amide bonds. The van der Waals surface area contributed by atoms with Gasteiger partial charge in [-0.3, -0.25) is 0 Å². The molecule has 4 aromatic rings. The molecule has 2 nitrogen and oxygen atoms in total. The Balaban J connectivity index is 1.66. The molecule has 0 fully saturated rings. The minimum Gasteiger partial charge on any atom is -0.341 e. The highest BCUT2D eigenvalue weighted by atomic mass is 31.1. The summed E-state index contributed by atoms with van der Waals surface area (Å²) in [6.45, 7) is 32.8. The van der Waals surface area contributed by atoms with Gasteiger partial charge in [-0.25, -0.2) is 0 Å². The summed E-state index contributed by atoms with van der Waals surface area (Å²) >= 11 is 0. The summed E-state index contributed by atoms with van der Waals surface area (Å²) in [4.78, 5) is 4.68. The van der Waals surface area contributed by atoms with E-state index in [1.165, 1.54) is 44.1 Å². The predicted octanol–water partition coefficient (Wildman–Crippen LogP) is 15.3. The van der Waals surface area contributed by atoms with Crippen LogP contribution in [0.4, 0.5) is 17.1 Å². The normalized spacial score (nSPS) is 13.9. The summed E-state index contributed by atoms with van der Waals surface area (Å²) in [5.74, 6) is 0.245. The van der Waals surface area contributed by atoms with Crippen molar-refractivity contribution in [2.75, 3.05) is 16.5 Å². The fourth-order valence-electron chi connectivity index (χ4n) is 7.01. The van der Waals surface area contributed by atoms with Gasteiger partial charge in [0, 0.05) is 34.3 Å². The molecule has 4 unspecified atom stereocenters. The quantitative estimate of drug-likeness (QED) is 0.0681. The fourth-order valence-corrected chi connectivity index (χ4v) is 10.2.